The van der Waals surface area contributed by atoms with E-state index in [4.69, 9.17) is 0 Å². The van der Waals surface area contributed by atoms with Crippen molar-refractivity contribution in [3.63, 3.8) is 0 Å². The summed E-state index contributed by atoms with van der Waals surface area (Å²) < 4.78 is 0. The number of amides is 3. The number of rotatable bonds is 5. The van der Waals surface area contributed by atoms with Gasteiger partial charge >= 0.3 is 6.03 Å². The average molecular weight is 260 g/mol. The molecule has 4 heteroatoms. The number of imide groups is 1. The third kappa shape index (κ3) is 2.35. The molecule has 1 heterocycles. The second-order valence-corrected chi connectivity index (χ2v) is 4.99. The van der Waals surface area contributed by atoms with Gasteiger partial charge in [-0.15, -0.1) is 0 Å². The van der Waals surface area contributed by atoms with Gasteiger partial charge in [-0.1, -0.05) is 44.9 Å². The summed E-state index contributed by atoms with van der Waals surface area (Å²) in [5.41, 5.74) is -0.0738. The standard InChI is InChI=1S/C15H20N2O2/c1-3-10-15(11-4-2)13(18)17(14(19)16-15)12-8-6-5-7-9-12/h5-9H,3-4,10-11H2,1-2H3,(H,16,19). The van der Waals surface area contributed by atoms with Gasteiger partial charge in [-0.05, 0) is 25.0 Å². The monoisotopic (exact) mass is 260 g/mol. The number of urea groups is 1. The highest BCUT2D eigenvalue weighted by Crippen LogP contribution is 2.31. The second-order valence-electron chi connectivity index (χ2n) is 4.99. The van der Waals surface area contributed by atoms with Crippen LogP contribution in [-0.2, 0) is 4.79 Å². The average Bonchev–Trinajstić information content (AvgIpc) is 2.63. The third-order valence-corrected chi connectivity index (χ3v) is 3.53. The molecule has 0 aromatic heterocycles. The lowest BCUT2D eigenvalue weighted by atomic mass is 9.88. The topological polar surface area (TPSA) is 49.4 Å². The van der Waals surface area contributed by atoms with Gasteiger partial charge in [0.15, 0.2) is 0 Å². The highest BCUT2D eigenvalue weighted by Gasteiger charge is 2.50. The van der Waals surface area contributed by atoms with Gasteiger partial charge in [0.05, 0.1) is 5.69 Å². The van der Waals surface area contributed by atoms with E-state index in [1.165, 1.54) is 4.90 Å². The maximum absolute atomic E-state index is 12.7. The first-order valence-corrected chi connectivity index (χ1v) is 6.86. The van der Waals surface area contributed by atoms with E-state index in [1.54, 1.807) is 12.1 Å². The van der Waals surface area contributed by atoms with Crippen molar-refractivity contribution < 1.29 is 9.59 Å². The zero-order valence-corrected chi connectivity index (χ0v) is 11.5. The highest BCUT2D eigenvalue weighted by atomic mass is 16.2. The third-order valence-electron chi connectivity index (χ3n) is 3.53. The molecule has 0 radical (unpaired) electrons. The summed E-state index contributed by atoms with van der Waals surface area (Å²) in [5.74, 6) is -0.118. The SMILES string of the molecule is CCCC1(CCC)NC(=O)N(c2ccccc2)C1=O. The minimum atomic E-state index is -0.712. The molecule has 1 aliphatic rings. The van der Waals surface area contributed by atoms with Crippen LogP contribution in [0.1, 0.15) is 39.5 Å². The van der Waals surface area contributed by atoms with Crippen molar-refractivity contribution in [1.82, 2.24) is 5.32 Å². The smallest absolute Gasteiger partial charge is 0.323 e. The molecule has 1 saturated heterocycles. The van der Waals surface area contributed by atoms with Crippen LogP contribution in [0.5, 0.6) is 0 Å². The molecule has 2 rings (SSSR count). The van der Waals surface area contributed by atoms with Crippen LogP contribution < -0.4 is 10.2 Å². The fraction of sp³-hybridized carbons (Fsp3) is 0.467. The molecule has 102 valence electrons. The van der Waals surface area contributed by atoms with Crippen LogP contribution in [0.3, 0.4) is 0 Å². The molecule has 0 aliphatic carbocycles. The maximum Gasteiger partial charge on any atom is 0.329 e. The van der Waals surface area contributed by atoms with Crippen molar-refractivity contribution in [3.8, 4) is 0 Å². The minimum absolute atomic E-state index is 0.118. The van der Waals surface area contributed by atoms with E-state index in [9.17, 15) is 9.59 Å². The molecule has 3 amide bonds. The summed E-state index contributed by atoms with van der Waals surface area (Å²) >= 11 is 0. The van der Waals surface area contributed by atoms with E-state index in [0.717, 1.165) is 12.8 Å². The van der Waals surface area contributed by atoms with Gasteiger partial charge in [0.25, 0.3) is 5.91 Å². The number of nitrogens with one attached hydrogen (secondary N) is 1. The van der Waals surface area contributed by atoms with Gasteiger partial charge in [-0.25, -0.2) is 9.69 Å². The van der Waals surface area contributed by atoms with Crippen molar-refractivity contribution in [2.24, 2.45) is 0 Å². The van der Waals surface area contributed by atoms with E-state index >= 15 is 0 Å². The fourth-order valence-corrected chi connectivity index (χ4v) is 2.75. The number of para-hydroxylation sites is 1. The van der Waals surface area contributed by atoms with Gasteiger partial charge in [0.2, 0.25) is 0 Å². The number of nitrogens with zero attached hydrogens (tertiary/aromatic N) is 1. The molecule has 1 aromatic rings. The van der Waals surface area contributed by atoms with E-state index in [-0.39, 0.29) is 11.9 Å². The van der Waals surface area contributed by atoms with Crippen molar-refractivity contribution in [2.45, 2.75) is 45.1 Å². The molecule has 1 aliphatic heterocycles. The van der Waals surface area contributed by atoms with Gasteiger partial charge in [0.1, 0.15) is 5.54 Å². The Hall–Kier alpha value is -1.84. The minimum Gasteiger partial charge on any atom is -0.323 e. The van der Waals surface area contributed by atoms with Crippen LogP contribution >= 0.6 is 0 Å². The highest BCUT2D eigenvalue weighted by molar-refractivity contribution is 6.23. The largest absolute Gasteiger partial charge is 0.329 e. The normalized spacial score (nSPS) is 17.7. The molecule has 0 bridgehead atoms. The van der Waals surface area contributed by atoms with Crippen LogP contribution in [0.2, 0.25) is 0 Å². The fourth-order valence-electron chi connectivity index (χ4n) is 2.75. The number of carbonyl (C=O) groups is 2. The molecule has 0 atom stereocenters. The summed E-state index contributed by atoms with van der Waals surface area (Å²) in [7, 11) is 0. The number of hydrogen-bond acceptors (Lipinski definition) is 2. The predicted octanol–water partition coefficient (Wildman–Crippen LogP) is 3.08. The summed E-state index contributed by atoms with van der Waals surface area (Å²) in [4.78, 5) is 26.1. The Morgan fingerprint density at radius 2 is 1.63 bits per heavy atom. The Morgan fingerprint density at radius 1 is 1.05 bits per heavy atom. The number of benzene rings is 1. The first kappa shape index (κ1) is 13.6. The lowest BCUT2D eigenvalue weighted by Crippen LogP contribution is -2.46. The van der Waals surface area contributed by atoms with Crippen LogP contribution in [0.15, 0.2) is 30.3 Å². The summed E-state index contributed by atoms with van der Waals surface area (Å²) in [6.45, 7) is 4.06. The molecule has 1 fully saturated rings. The van der Waals surface area contributed by atoms with Crippen LogP contribution in [0.25, 0.3) is 0 Å². The predicted molar refractivity (Wildman–Crippen MR) is 75.0 cm³/mol. The molecular weight excluding hydrogens is 240 g/mol. The summed E-state index contributed by atoms with van der Waals surface area (Å²) in [6, 6.07) is 8.79. The van der Waals surface area contributed by atoms with Crippen LogP contribution in [0, 0.1) is 0 Å². The van der Waals surface area contributed by atoms with Gasteiger partial charge < -0.3 is 5.32 Å². The number of anilines is 1. The molecule has 19 heavy (non-hydrogen) atoms. The van der Waals surface area contributed by atoms with Crippen molar-refractivity contribution >= 4 is 17.6 Å². The van der Waals surface area contributed by atoms with Crippen molar-refractivity contribution in [1.29, 1.82) is 0 Å². The van der Waals surface area contributed by atoms with Crippen molar-refractivity contribution in [3.05, 3.63) is 30.3 Å². The van der Waals surface area contributed by atoms with Gasteiger partial charge in [-0.3, -0.25) is 4.79 Å². The molecule has 1 aromatic carbocycles. The molecule has 0 unspecified atom stereocenters. The van der Waals surface area contributed by atoms with Gasteiger partial charge in [-0.2, -0.15) is 0 Å². The Kier molecular flexibility index (Phi) is 3.88. The zero-order chi connectivity index (χ0) is 13.9. The second kappa shape index (κ2) is 5.43. The lowest BCUT2D eigenvalue weighted by molar-refractivity contribution is -0.122. The first-order valence-electron chi connectivity index (χ1n) is 6.86. The molecular formula is C15H20N2O2. The van der Waals surface area contributed by atoms with Crippen LogP contribution in [0.4, 0.5) is 10.5 Å². The van der Waals surface area contributed by atoms with E-state index in [0.29, 0.717) is 18.5 Å². The van der Waals surface area contributed by atoms with E-state index < -0.39 is 5.54 Å². The summed E-state index contributed by atoms with van der Waals surface area (Å²) in [6.07, 6.45) is 3.12. The van der Waals surface area contributed by atoms with Gasteiger partial charge in [0, 0.05) is 0 Å². The molecule has 1 N–H and O–H groups in total. The maximum atomic E-state index is 12.7. The molecule has 0 saturated carbocycles. The Bertz CT molecular complexity index is 464. The molecule has 0 spiro atoms. The Labute approximate surface area is 113 Å². The first-order chi connectivity index (χ1) is 9.14. The van der Waals surface area contributed by atoms with E-state index in [1.807, 2.05) is 32.0 Å². The Balaban J connectivity index is 2.34. The Morgan fingerprint density at radius 3 is 2.16 bits per heavy atom. The van der Waals surface area contributed by atoms with Crippen molar-refractivity contribution in [2.75, 3.05) is 4.90 Å². The van der Waals surface area contributed by atoms with E-state index in [2.05, 4.69) is 5.32 Å². The number of carbonyl (C=O) groups excluding carboxylic acids is 2. The lowest BCUT2D eigenvalue weighted by Gasteiger charge is -2.25. The number of hydrogen-bond donors (Lipinski definition) is 1. The zero-order valence-electron chi connectivity index (χ0n) is 11.5. The summed E-state index contributed by atoms with van der Waals surface area (Å²) in [5, 5.41) is 2.91. The van der Waals surface area contributed by atoms with Crippen LogP contribution in [-0.4, -0.2) is 17.5 Å². The quantitative estimate of drug-likeness (QED) is 0.827. The molecule has 4 nitrogen and oxygen atoms in total.